The maximum absolute atomic E-state index is 12.4. The number of carbonyl (C=O) groups excluding carboxylic acids is 1. The Kier molecular flexibility index (Phi) is 6.30. The van der Waals surface area contributed by atoms with Crippen LogP contribution in [0.4, 0.5) is 0 Å². The summed E-state index contributed by atoms with van der Waals surface area (Å²) in [5, 5.41) is 2.97. The Hall–Kier alpha value is -2.90. The summed E-state index contributed by atoms with van der Waals surface area (Å²) >= 11 is 0. The summed E-state index contributed by atoms with van der Waals surface area (Å²) in [7, 11) is 1.73. The minimum atomic E-state index is -0.166. The van der Waals surface area contributed by atoms with Gasteiger partial charge in [-0.3, -0.25) is 23.7 Å². The summed E-state index contributed by atoms with van der Waals surface area (Å²) in [6.07, 6.45) is 0. The van der Waals surface area contributed by atoms with Crippen LogP contribution in [0.2, 0.25) is 0 Å². The molecule has 0 spiro atoms. The fourth-order valence-electron chi connectivity index (χ4n) is 4.08. The van der Waals surface area contributed by atoms with E-state index in [4.69, 9.17) is 0 Å². The number of piperazine rings is 1. The minimum absolute atomic E-state index is 0.0467. The van der Waals surface area contributed by atoms with Crippen LogP contribution in [-0.2, 0) is 24.9 Å². The Balaban J connectivity index is 1.22. The number of imidazole rings is 1. The van der Waals surface area contributed by atoms with Crippen LogP contribution < -0.4 is 11.0 Å². The second kappa shape index (κ2) is 9.28. The van der Waals surface area contributed by atoms with Gasteiger partial charge in [-0.25, -0.2) is 4.79 Å². The van der Waals surface area contributed by atoms with Gasteiger partial charge >= 0.3 is 5.69 Å². The van der Waals surface area contributed by atoms with Crippen molar-refractivity contribution < 1.29 is 4.79 Å². The summed E-state index contributed by atoms with van der Waals surface area (Å²) in [5.41, 5.74) is 2.81. The molecule has 2 aromatic carbocycles. The summed E-state index contributed by atoms with van der Waals surface area (Å²) in [6, 6.07) is 18.1. The molecule has 158 valence electrons. The second-order valence-corrected chi connectivity index (χ2v) is 7.87. The van der Waals surface area contributed by atoms with Crippen molar-refractivity contribution in [3.63, 3.8) is 0 Å². The van der Waals surface area contributed by atoms with Gasteiger partial charge in [0.2, 0.25) is 5.91 Å². The largest absolute Gasteiger partial charge is 0.353 e. The Labute approximate surface area is 176 Å². The van der Waals surface area contributed by atoms with Crippen LogP contribution in [0.25, 0.3) is 11.0 Å². The summed E-state index contributed by atoms with van der Waals surface area (Å²) in [6.45, 7) is 6.54. The number of aryl methyl sites for hydroxylation is 1. The molecular formula is C23H29N5O2. The Morgan fingerprint density at radius 1 is 0.900 bits per heavy atom. The van der Waals surface area contributed by atoms with E-state index >= 15 is 0 Å². The Morgan fingerprint density at radius 3 is 2.27 bits per heavy atom. The number of nitrogens with zero attached hydrogens (tertiary/aromatic N) is 4. The topological polar surface area (TPSA) is 62.5 Å². The van der Waals surface area contributed by atoms with Crippen LogP contribution in [0.15, 0.2) is 59.4 Å². The predicted molar refractivity (Wildman–Crippen MR) is 118 cm³/mol. The normalized spacial score (nSPS) is 15.5. The van der Waals surface area contributed by atoms with Gasteiger partial charge < -0.3 is 5.32 Å². The third kappa shape index (κ3) is 4.63. The third-order valence-corrected chi connectivity index (χ3v) is 5.82. The van der Waals surface area contributed by atoms with Gasteiger partial charge in [-0.05, 0) is 17.7 Å². The predicted octanol–water partition coefficient (Wildman–Crippen LogP) is 1.27. The van der Waals surface area contributed by atoms with E-state index in [1.807, 2.05) is 30.3 Å². The van der Waals surface area contributed by atoms with Crippen molar-refractivity contribution in [1.82, 2.24) is 24.3 Å². The molecule has 0 aliphatic carbocycles. The number of nitrogens with one attached hydrogen (secondary N) is 1. The van der Waals surface area contributed by atoms with Crippen LogP contribution in [0.1, 0.15) is 5.56 Å². The SMILES string of the molecule is Cn1c(=O)n(CC(=O)NCCN2CCN(Cc3ccccc3)CC2)c2ccccc21. The van der Waals surface area contributed by atoms with Crippen molar-refractivity contribution in [1.29, 1.82) is 0 Å². The smallest absolute Gasteiger partial charge is 0.329 e. The number of para-hydroxylation sites is 2. The monoisotopic (exact) mass is 407 g/mol. The van der Waals surface area contributed by atoms with Crippen molar-refractivity contribution in [2.75, 3.05) is 39.3 Å². The highest BCUT2D eigenvalue weighted by molar-refractivity contribution is 5.80. The van der Waals surface area contributed by atoms with E-state index < -0.39 is 0 Å². The lowest BCUT2D eigenvalue weighted by Gasteiger charge is -2.34. The fraction of sp³-hybridized carbons (Fsp3) is 0.391. The lowest BCUT2D eigenvalue weighted by Crippen LogP contribution is -2.48. The third-order valence-electron chi connectivity index (χ3n) is 5.82. The molecule has 0 bridgehead atoms. The van der Waals surface area contributed by atoms with Gasteiger partial charge in [0, 0.05) is 52.9 Å². The Morgan fingerprint density at radius 2 is 1.53 bits per heavy atom. The maximum atomic E-state index is 12.4. The molecule has 30 heavy (non-hydrogen) atoms. The van der Waals surface area contributed by atoms with Gasteiger partial charge in [0.1, 0.15) is 6.54 Å². The number of hydrogen-bond acceptors (Lipinski definition) is 4. The highest BCUT2D eigenvalue weighted by atomic mass is 16.2. The first kappa shape index (κ1) is 20.4. The number of hydrogen-bond donors (Lipinski definition) is 1. The minimum Gasteiger partial charge on any atom is -0.353 e. The van der Waals surface area contributed by atoms with E-state index in [1.165, 1.54) is 10.1 Å². The summed E-state index contributed by atoms with van der Waals surface area (Å²) in [5.74, 6) is -0.129. The first-order chi connectivity index (χ1) is 14.6. The van der Waals surface area contributed by atoms with Gasteiger partial charge in [0.25, 0.3) is 0 Å². The van der Waals surface area contributed by atoms with Crippen molar-refractivity contribution >= 4 is 16.9 Å². The molecule has 4 rings (SSSR count). The van der Waals surface area contributed by atoms with E-state index in [-0.39, 0.29) is 18.1 Å². The standard InChI is InChI=1S/C23H29N5O2/c1-25-20-9-5-6-10-21(20)28(23(25)30)18-22(29)24-11-12-26-13-15-27(16-14-26)17-19-7-3-2-4-8-19/h2-10H,11-18H2,1H3,(H,24,29). The number of benzene rings is 2. The van der Waals surface area contributed by atoms with Crippen LogP contribution in [0, 0.1) is 0 Å². The number of fused-ring (bicyclic) bond motifs is 1. The van der Waals surface area contributed by atoms with E-state index in [1.54, 1.807) is 11.6 Å². The number of aromatic nitrogens is 2. The molecule has 1 saturated heterocycles. The molecule has 2 heterocycles. The molecule has 1 aliphatic heterocycles. The van der Waals surface area contributed by atoms with Crippen LogP contribution in [-0.4, -0.2) is 64.1 Å². The van der Waals surface area contributed by atoms with E-state index in [2.05, 4.69) is 39.4 Å². The zero-order chi connectivity index (χ0) is 20.9. The zero-order valence-corrected chi connectivity index (χ0v) is 17.5. The molecule has 1 fully saturated rings. The highest BCUT2D eigenvalue weighted by Gasteiger charge is 2.17. The van der Waals surface area contributed by atoms with Crippen LogP contribution in [0.5, 0.6) is 0 Å². The molecule has 1 amide bonds. The average Bonchev–Trinajstić information content (AvgIpc) is 3.01. The van der Waals surface area contributed by atoms with Crippen molar-refractivity contribution in [2.24, 2.45) is 7.05 Å². The molecule has 7 heteroatoms. The molecule has 0 atom stereocenters. The Bertz CT molecular complexity index is 1050. The number of carbonyl (C=O) groups is 1. The van der Waals surface area contributed by atoms with Crippen molar-refractivity contribution in [2.45, 2.75) is 13.1 Å². The van der Waals surface area contributed by atoms with Crippen LogP contribution >= 0.6 is 0 Å². The quantitative estimate of drug-likeness (QED) is 0.641. The molecule has 0 radical (unpaired) electrons. The molecule has 1 aliphatic rings. The van der Waals surface area contributed by atoms with Crippen LogP contribution in [0.3, 0.4) is 0 Å². The maximum Gasteiger partial charge on any atom is 0.329 e. The molecule has 0 saturated carbocycles. The lowest BCUT2D eigenvalue weighted by atomic mass is 10.2. The van der Waals surface area contributed by atoms with E-state index in [0.29, 0.717) is 6.54 Å². The molecule has 3 aromatic rings. The number of amides is 1. The van der Waals surface area contributed by atoms with E-state index in [9.17, 15) is 9.59 Å². The lowest BCUT2D eigenvalue weighted by molar-refractivity contribution is -0.121. The van der Waals surface area contributed by atoms with Crippen molar-refractivity contribution in [3.8, 4) is 0 Å². The zero-order valence-electron chi connectivity index (χ0n) is 17.5. The molecular weight excluding hydrogens is 378 g/mol. The molecule has 7 nitrogen and oxygen atoms in total. The van der Waals surface area contributed by atoms with Gasteiger partial charge in [0.05, 0.1) is 11.0 Å². The molecule has 1 aromatic heterocycles. The highest BCUT2D eigenvalue weighted by Crippen LogP contribution is 2.11. The molecule has 0 unspecified atom stereocenters. The average molecular weight is 408 g/mol. The first-order valence-electron chi connectivity index (χ1n) is 10.5. The first-order valence-corrected chi connectivity index (χ1v) is 10.5. The summed E-state index contributed by atoms with van der Waals surface area (Å²) < 4.78 is 3.12. The fourth-order valence-corrected chi connectivity index (χ4v) is 4.08. The number of rotatable bonds is 7. The van der Waals surface area contributed by atoms with Crippen molar-refractivity contribution in [3.05, 3.63) is 70.6 Å². The van der Waals surface area contributed by atoms with Gasteiger partial charge in [-0.2, -0.15) is 0 Å². The van der Waals surface area contributed by atoms with Gasteiger partial charge in [0.15, 0.2) is 0 Å². The van der Waals surface area contributed by atoms with Gasteiger partial charge in [-0.15, -0.1) is 0 Å². The summed E-state index contributed by atoms with van der Waals surface area (Å²) in [4.78, 5) is 29.7. The van der Waals surface area contributed by atoms with Gasteiger partial charge in [-0.1, -0.05) is 42.5 Å². The van der Waals surface area contributed by atoms with E-state index in [0.717, 1.165) is 50.3 Å². The molecule has 1 N–H and O–H groups in total. The second-order valence-electron chi connectivity index (χ2n) is 7.87.